The van der Waals surface area contributed by atoms with Crippen molar-refractivity contribution in [2.24, 2.45) is 0 Å². The quantitative estimate of drug-likeness (QED) is 0.757. The van der Waals surface area contributed by atoms with Crippen molar-refractivity contribution in [2.45, 2.75) is 31.2 Å². The molecule has 5 nitrogen and oxygen atoms in total. The minimum atomic E-state index is 0.347. The summed E-state index contributed by atoms with van der Waals surface area (Å²) in [5.74, 6) is 0.778. The Kier molecular flexibility index (Phi) is 3.11. The lowest BCUT2D eigenvalue weighted by Gasteiger charge is -1.98. The van der Waals surface area contributed by atoms with Crippen LogP contribution in [0.3, 0.4) is 0 Å². The van der Waals surface area contributed by atoms with Crippen molar-refractivity contribution in [3.8, 4) is 6.07 Å². The molecule has 0 bridgehead atoms. The number of aryl methyl sites for hydroxylation is 3. The van der Waals surface area contributed by atoms with Crippen LogP contribution in [0.15, 0.2) is 20.9 Å². The molecule has 6 heteroatoms. The first-order valence-corrected chi connectivity index (χ1v) is 5.78. The van der Waals surface area contributed by atoms with E-state index in [9.17, 15) is 0 Å². The summed E-state index contributed by atoms with van der Waals surface area (Å²) in [6.45, 7) is 5.55. The van der Waals surface area contributed by atoms with Gasteiger partial charge in [0.25, 0.3) is 5.22 Å². The zero-order valence-electron chi connectivity index (χ0n) is 9.68. The van der Waals surface area contributed by atoms with Crippen LogP contribution in [0.4, 0.5) is 0 Å². The molecule has 17 heavy (non-hydrogen) atoms. The highest BCUT2D eigenvalue weighted by atomic mass is 32.2. The fourth-order valence-corrected chi connectivity index (χ4v) is 2.05. The van der Waals surface area contributed by atoms with Crippen molar-refractivity contribution in [1.29, 1.82) is 5.26 Å². The summed E-state index contributed by atoms with van der Waals surface area (Å²) in [5, 5.41) is 9.78. The van der Waals surface area contributed by atoms with Gasteiger partial charge in [-0.2, -0.15) is 5.26 Å². The van der Waals surface area contributed by atoms with E-state index in [-0.39, 0.29) is 0 Å². The number of nitriles is 1. The molecule has 0 aliphatic heterocycles. The van der Waals surface area contributed by atoms with Crippen LogP contribution in [-0.2, 0) is 0 Å². The molecule has 0 atom stereocenters. The first-order chi connectivity index (χ1) is 8.08. The number of rotatable bonds is 2. The zero-order chi connectivity index (χ0) is 12.4. The van der Waals surface area contributed by atoms with Gasteiger partial charge in [0.1, 0.15) is 17.5 Å². The van der Waals surface area contributed by atoms with Gasteiger partial charge in [-0.3, -0.25) is 0 Å². The lowest BCUT2D eigenvalue weighted by atomic mass is 10.4. The fraction of sp³-hybridized carbons (Fsp3) is 0.273. The van der Waals surface area contributed by atoms with E-state index in [1.54, 1.807) is 6.07 Å². The summed E-state index contributed by atoms with van der Waals surface area (Å²) in [5.41, 5.74) is 1.94. The molecule has 2 aromatic rings. The molecule has 0 N–H and O–H groups in total. The Morgan fingerprint density at radius 1 is 1.24 bits per heavy atom. The maximum atomic E-state index is 8.81. The molecule has 0 aliphatic carbocycles. The summed E-state index contributed by atoms with van der Waals surface area (Å²) >= 11 is 1.22. The Labute approximate surface area is 103 Å². The number of hydrogen-bond acceptors (Lipinski definition) is 6. The normalized spacial score (nSPS) is 10.2. The molecule has 0 aromatic carbocycles. The highest BCUT2D eigenvalue weighted by Crippen LogP contribution is 2.25. The Hall–Kier alpha value is -1.87. The second-order valence-corrected chi connectivity index (χ2v) is 4.43. The smallest absolute Gasteiger partial charge is 0.264 e. The minimum absolute atomic E-state index is 0.347. The molecular weight excluding hydrogens is 236 g/mol. The molecule has 0 amide bonds. The molecule has 2 aromatic heterocycles. The van der Waals surface area contributed by atoms with E-state index < -0.39 is 0 Å². The van der Waals surface area contributed by atoms with Crippen LogP contribution < -0.4 is 0 Å². The summed E-state index contributed by atoms with van der Waals surface area (Å²) in [6, 6.07) is 3.63. The monoisotopic (exact) mass is 246 g/mol. The maximum Gasteiger partial charge on any atom is 0.264 e. The predicted octanol–water partition coefficient (Wildman–Crippen LogP) is 2.41. The number of aromatic nitrogens is 3. The lowest BCUT2D eigenvalue weighted by Crippen LogP contribution is -1.93. The predicted molar refractivity (Wildman–Crippen MR) is 61.6 cm³/mol. The zero-order valence-corrected chi connectivity index (χ0v) is 10.5. The third-order valence-corrected chi connectivity index (χ3v) is 2.85. The number of oxazole rings is 1. The molecule has 0 fully saturated rings. The van der Waals surface area contributed by atoms with Crippen LogP contribution in [-0.4, -0.2) is 15.0 Å². The van der Waals surface area contributed by atoms with Gasteiger partial charge in [-0.05, 0) is 26.8 Å². The van der Waals surface area contributed by atoms with E-state index in [1.165, 1.54) is 11.8 Å². The third-order valence-electron chi connectivity index (χ3n) is 2.14. The van der Waals surface area contributed by atoms with Crippen molar-refractivity contribution in [1.82, 2.24) is 15.0 Å². The van der Waals surface area contributed by atoms with Gasteiger partial charge in [0, 0.05) is 17.5 Å². The van der Waals surface area contributed by atoms with Gasteiger partial charge in [-0.15, -0.1) is 0 Å². The van der Waals surface area contributed by atoms with Gasteiger partial charge in [0.15, 0.2) is 5.16 Å². The third kappa shape index (κ3) is 2.63. The topological polar surface area (TPSA) is 75.6 Å². The Balaban J connectivity index is 2.30. The lowest BCUT2D eigenvalue weighted by molar-refractivity contribution is 0.430. The Morgan fingerprint density at radius 3 is 2.59 bits per heavy atom. The van der Waals surface area contributed by atoms with Crippen LogP contribution in [0.5, 0.6) is 0 Å². The van der Waals surface area contributed by atoms with Crippen LogP contribution in [0.25, 0.3) is 0 Å². The average Bonchev–Trinajstić information content (AvgIpc) is 2.57. The first kappa shape index (κ1) is 11.6. The van der Waals surface area contributed by atoms with Gasteiger partial charge >= 0.3 is 0 Å². The van der Waals surface area contributed by atoms with Crippen molar-refractivity contribution >= 4 is 11.8 Å². The minimum Gasteiger partial charge on any atom is -0.436 e. The molecule has 86 valence electrons. The van der Waals surface area contributed by atoms with E-state index >= 15 is 0 Å². The van der Waals surface area contributed by atoms with Crippen molar-refractivity contribution in [2.75, 3.05) is 0 Å². The van der Waals surface area contributed by atoms with Crippen LogP contribution in [0.1, 0.15) is 22.8 Å². The van der Waals surface area contributed by atoms with Crippen LogP contribution in [0, 0.1) is 32.1 Å². The maximum absolute atomic E-state index is 8.81. The van der Waals surface area contributed by atoms with Crippen molar-refractivity contribution < 1.29 is 4.42 Å². The molecule has 0 saturated heterocycles. The van der Waals surface area contributed by atoms with E-state index in [0.717, 1.165) is 17.1 Å². The Bertz CT molecular complexity index is 581. The number of nitrogens with zero attached hydrogens (tertiary/aromatic N) is 4. The summed E-state index contributed by atoms with van der Waals surface area (Å²) in [7, 11) is 0. The molecule has 0 saturated carbocycles. The van der Waals surface area contributed by atoms with E-state index in [2.05, 4.69) is 15.0 Å². The van der Waals surface area contributed by atoms with E-state index in [0.29, 0.717) is 16.1 Å². The fourth-order valence-electron chi connectivity index (χ4n) is 1.21. The molecule has 2 heterocycles. The first-order valence-electron chi connectivity index (χ1n) is 4.96. The largest absolute Gasteiger partial charge is 0.436 e. The summed E-state index contributed by atoms with van der Waals surface area (Å²) < 4.78 is 5.42. The Morgan fingerprint density at radius 2 is 2.00 bits per heavy atom. The number of hydrogen-bond donors (Lipinski definition) is 0. The van der Waals surface area contributed by atoms with E-state index in [4.69, 9.17) is 9.68 Å². The van der Waals surface area contributed by atoms with Gasteiger partial charge in [0.05, 0.1) is 5.69 Å². The SMILES string of the molecule is Cc1cc(C#N)nc(Sc2nc(C)c(C)o2)n1. The standard InChI is InChI=1S/C11H10N4OS/c1-6-4-9(5-12)15-10(13-6)17-11-14-7(2)8(3)16-11/h4H,1-3H3. The van der Waals surface area contributed by atoms with Gasteiger partial charge in [-0.25, -0.2) is 15.0 Å². The molecule has 0 aliphatic rings. The van der Waals surface area contributed by atoms with Crippen molar-refractivity contribution in [3.05, 3.63) is 28.9 Å². The van der Waals surface area contributed by atoms with Gasteiger partial charge < -0.3 is 4.42 Å². The summed E-state index contributed by atoms with van der Waals surface area (Å²) in [4.78, 5) is 12.5. The molecular formula is C11H10N4OS. The second kappa shape index (κ2) is 4.55. The van der Waals surface area contributed by atoms with Gasteiger partial charge in [-0.1, -0.05) is 0 Å². The molecule has 0 radical (unpaired) electrons. The highest BCUT2D eigenvalue weighted by Gasteiger charge is 2.10. The van der Waals surface area contributed by atoms with Gasteiger partial charge in [0.2, 0.25) is 0 Å². The molecule has 0 unspecified atom stereocenters. The van der Waals surface area contributed by atoms with E-state index in [1.807, 2.05) is 26.8 Å². The van der Waals surface area contributed by atoms with Crippen LogP contribution >= 0.6 is 11.8 Å². The summed E-state index contributed by atoms with van der Waals surface area (Å²) in [6.07, 6.45) is 0. The molecule has 2 rings (SSSR count). The second-order valence-electron chi connectivity index (χ2n) is 3.51. The average molecular weight is 246 g/mol. The highest BCUT2D eigenvalue weighted by molar-refractivity contribution is 7.98. The molecule has 0 spiro atoms. The van der Waals surface area contributed by atoms with Crippen molar-refractivity contribution in [3.63, 3.8) is 0 Å². The van der Waals surface area contributed by atoms with Crippen LogP contribution in [0.2, 0.25) is 0 Å².